The van der Waals surface area contributed by atoms with Gasteiger partial charge in [0.25, 0.3) is 0 Å². The highest BCUT2D eigenvalue weighted by molar-refractivity contribution is 5.73. The van der Waals surface area contributed by atoms with Crippen LogP contribution in [-0.4, -0.2) is 15.6 Å². The highest BCUT2D eigenvalue weighted by Gasteiger charge is 2.32. The van der Waals surface area contributed by atoms with E-state index in [0.717, 1.165) is 12.3 Å². The third-order valence-electron chi connectivity index (χ3n) is 3.49. The average Bonchev–Trinajstić information content (AvgIpc) is 2.52. The number of phenols is 1. The molecule has 0 aliphatic heterocycles. The number of benzene rings is 1. The lowest BCUT2D eigenvalue weighted by Gasteiger charge is -2.21. The second kappa shape index (κ2) is 6.73. The fourth-order valence-corrected chi connectivity index (χ4v) is 2.20. The monoisotopic (exact) mass is 349 g/mol. The Bertz CT molecular complexity index is 801. The van der Waals surface area contributed by atoms with Gasteiger partial charge >= 0.3 is 6.18 Å². The first kappa shape index (κ1) is 18.7. The summed E-state index contributed by atoms with van der Waals surface area (Å²) in [4.78, 5) is 3.40. The van der Waals surface area contributed by atoms with Crippen molar-refractivity contribution in [3.8, 4) is 22.9 Å². The van der Waals surface area contributed by atoms with Crippen LogP contribution in [0, 0.1) is 11.3 Å². The third kappa shape index (κ3) is 4.70. The zero-order valence-electron chi connectivity index (χ0n) is 14.1. The zero-order chi connectivity index (χ0) is 18.8. The quantitative estimate of drug-likeness (QED) is 0.870. The maximum absolute atomic E-state index is 12.6. The molecule has 0 saturated carbocycles. The summed E-state index contributed by atoms with van der Waals surface area (Å²) in [6.45, 7) is 6.18. The van der Waals surface area contributed by atoms with Crippen molar-refractivity contribution in [2.24, 2.45) is 0 Å². The van der Waals surface area contributed by atoms with Crippen LogP contribution >= 0.6 is 0 Å². The van der Waals surface area contributed by atoms with Crippen LogP contribution in [0.3, 0.4) is 0 Å². The molecule has 1 aromatic heterocycles. The van der Waals surface area contributed by atoms with Crippen LogP contribution in [-0.2, 0) is 12.7 Å². The summed E-state index contributed by atoms with van der Waals surface area (Å²) in [6.07, 6.45) is -3.49. The molecule has 132 valence electrons. The molecule has 0 aliphatic carbocycles. The Balaban J connectivity index is 2.45. The smallest absolute Gasteiger partial charge is 0.433 e. The summed E-state index contributed by atoms with van der Waals surface area (Å²) in [5.41, 5.74) is 0.153. The molecule has 2 aromatic rings. The molecule has 4 nitrogen and oxygen atoms in total. The summed E-state index contributed by atoms with van der Waals surface area (Å²) in [6, 6.07) is 7.06. The number of alkyl halides is 3. The minimum Gasteiger partial charge on any atom is -0.507 e. The summed E-state index contributed by atoms with van der Waals surface area (Å²) in [5.74, 6) is -0.0858. The van der Waals surface area contributed by atoms with E-state index in [1.165, 1.54) is 12.1 Å². The van der Waals surface area contributed by atoms with Gasteiger partial charge in [0, 0.05) is 35.0 Å². The largest absolute Gasteiger partial charge is 0.507 e. The number of aromatic nitrogens is 1. The van der Waals surface area contributed by atoms with Crippen molar-refractivity contribution < 1.29 is 18.3 Å². The lowest BCUT2D eigenvalue weighted by Crippen LogP contribution is -2.35. The topological polar surface area (TPSA) is 68.9 Å². The first-order valence-corrected chi connectivity index (χ1v) is 7.56. The summed E-state index contributed by atoms with van der Waals surface area (Å²) < 4.78 is 37.9. The second-order valence-electron chi connectivity index (χ2n) is 6.68. The number of pyridine rings is 1. The molecule has 0 spiro atoms. The fourth-order valence-electron chi connectivity index (χ4n) is 2.20. The van der Waals surface area contributed by atoms with Gasteiger partial charge in [-0.3, -0.25) is 4.98 Å². The van der Waals surface area contributed by atoms with Gasteiger partial charge in [0.05, 0.1) is 11.6 Å². The number of halogens is 3. The molecule has 0 unspecified atom stereocenters. The molecule has 0 bridgehead atoms. The van der Waals surface area contributed by atoms with Crippen molar-refractivity contribution in [3.05, 3.63) is 47.3 Å². The lowest BCUT2D eigenvalue weighted by atomic mass is 9.98. The SMILES string of the molecule is CC(C)(C)NCc1cc(C#N)cc(-c2ccc(C(F)(F)F)nc2)c1O. The first-order chi connectivity index (χ1) is 11.5. The summed E-state index contributed by atoms with van der Waals surface area (Å²) in [7, 11) is 0. The van der Waals surface area contributed by atoms with Gasteiger partial charge in [0.2, 0.25) is 0 Å². The number of phenolic OH excluding ortho intramolecular Hbond substituents is 1. The highest BCUT2D eigenvalue weighted by atomic mass is 19.4. The van der Waals surface area contributed by atoms with Gasteiger partial charge in [-0.05, 0) is 39.0 Å². The van der Waals surface area contributed by atoms with Crippen molar-refractivity contribution in [3.63, 3.8) is 0 Å². The summed E-state index contributed by atoms with van der Waals surface area (Å²) in [5, 5.41) is 22.9. The number of hydrogen-bond donors (Lipinski definition) is 2. The van der Waals surface area contributed by atoms with E-state index in [4.69, 9.17) is 0 Å². The molecule has 1 heterocycles. The fraction of sp³-hybridized carbons (Fsp3) is 0.333. The van der Waals surface area contributed by atoms with Crippen LogP contribution in [0.4, 0.5) is 13.2 Å². The van der Waals surface area contributed by atoms with Crippen LogP contribution < -0.4 is 5.32 Å². The summed E-state index contributed by atoms with van der Waals surface area (Å²) >= 11 is 0. The average molecular weight is 349 g/mol. The van der Waals surface area contributed by atoms with Gasteiger partial charge in [0.15, 0.2) is 0 Å². The molecule has 0 atom stereocenters. The molecular weight excluding hydrogens is 331 g/mol. The molecule has 7 heteroatoms. The van der Waals surface area contributed by atoms with Crippen LogP contribution in [0.15, 0.2) is 30.5 Å². The maximum Gasteiger partial charge on any atom is 0.433 e. The first-order valence-electron chi connectivity index (χ1n) is 7.56. The van der Waals surface area contributed by atoms with E-state index in [1.807, 2.05) is 26.8 Å². The molecular formula is C18H18F3N3O. The van der Waals surface area contributed by atoms with E-state index < -0.39 is 11.9 Å². The van der Waals surface area contributed by atoms with E-state index in [2.05, 4.69) is 10.3 Å². The minimum absolute atomic E-state index is 0.0858. The van der Waals surface area contributed by atoms with E-state index in [-0.39, 0.29) is 16.9 Å². The Morgan fingerprint density at radius 3 is 2.36 bits per heavy atom. The van der Waals surface area contributed by atoms with Crippen LogP contribution in [0.1, 0.15) is 37.6 Å². The number of nitriles is 1. The Morgan fingerprint density at radius 1 is 1.20 bits per heavy atom. The molecule has 1 aromatic carbocycles. The molecule has 0 aliphatic rings. The van der Waals surface area contributed by atoms with Gasteiger partial charge in [-0.1, -0.05) is 6.07 Å². The highest BCUT2D eigenvalue weighted by Crippen LogP contribution is 2.35. The Morgan fingerprint density at radius 2 is 1.88 bits per heavy atom. The van der Waals surface area contributed by atoms with Gasteiger partial charge in [-0.25, -0.2) is 0 Å². The van der Waals surface area contributed by atoms with Gasteiger partial charge in [0.1, 0.15) is 11.4 Å². The van der Waals surface area contributed by atoms with Crippen molar-refractivity contribution in [1.82, 2.24) is 10.3 Å². The Kier molecular flexibility index (Phi) is 5.04. The second-order valence-corrected chi connectivity index (χ2v) is 6.68. The van der Waals surface area contributed by atoms with Crippen LogP contribution in [0.2, 0.25) is 0 Å². The molecule has 25 heavy (non-hydrogen) atoms. The van der Waals surface area contributed by atoms with Crippen molar-refractivity contribution in [2.75, 3.05) is 0 Å². The zero-order valence-corrected chi connectivity index (χ0v) is 14.1. The van der Waals surface area contributed by atoms with E-state index in [9.17, 15) is 23.5 Å². The van der Waals surface area contributed by atoms with Crippen LogP contribution in [0.25, 0.3) is 11.1 Å². The number of nitrogens with zero attached hydrogens (tertiary/aromatic N) is 2. The Hall–Kier alpha value is -2.59. The van der Waals surface area contributed by atoms with Crippen LogP contribution in [0.5, 0.6) is 5.75 Å². The Labute approximate surface area is 143 Å². The normalized spacial score (nSPS) is 12.0. The molecule has 2 rings (SSSR count). The predicted molar refractivity (Wildman–Crippen MR) is 87.6 cm³/mol. The lowest BCUT2D eigenvalue weighted by molar-refractivity contribution is -0.141. The third-order valence-corrected chi connectivity index (χ3v) is 3.49. The predicted octanol–water partition coefficient (Wildman–Crippen LogP) is 4.23. The maximum atomic E-state index is 12.6. The van der Waals surface area contributed by atoms with Gasteiger partial charge < -0.3 is 10.4 Å². The van der Waals surface area contributed by atoms with E-state index in [1.54, 1.807) is 6.07 Å². The van der Waals surface area contributed by atoms with Crippen molar-refractivity contribution in [1.29, 1.82) is 5.26 Å². The molecule has 2 N–H and O–H groups in total. The van der Waals surface area contributed by atoms with E-state index in [0.29, 0.717) is 23.2 Å². The molecule has 0 fully saturated rings. The molecule has 0 radical (unpaired) electrons. The number of aromatic hydroxyl groups is 1. The van der Waals surface area contributed by atoms with Crippen molar-refractivity contribution >= 4 is 0 Å². The number of hydrogen-bond acceptors (Lipinski definition) is 4. The minimum atomic E-state index is -4.53. The van der Waals surface area contributed by atoms with E-state index >= 15 is 0 Å². The number of nitrogens with one attached hydrogen (secondary N) is 1. The standard InChI is InChI=1S/C18H18F3N3O/c1-17(2,3)24-10-13-6-11(8-22)7-14(16(13)25)12-4-5-15(23-9-12)18(19,20)21/h4-7,9,24-25H,10H2,1-3H3. The molecule has 0 amide bonds. The van der Waals surface area contributed by atoms with Gasteiger partial charge in [-0.2, -0.15) is 18.4 Å². The number of rotatable bonds is 3. The molecule has 0 saturated heterocycles. The van der Waals surface area contributed by atoms with Crippen molar-refractivity contribution in [2.45, 2.75) is 39.0 Å². The van der Waals surface area contributed by atoms with Gasteiger partial charge in [-0.15, -0.1) is 0 Å².